The molecule has 0 atom stereocenters. The summed E-state index contributed by atoms with van der Waals surface area (Å²) in [6.07, 6.45) is 6.96. The molecular formula is C15H15I. The van der Waals surface area contributed by atoms with Crippen molar-refractivity contribution in [1.82, 2.24) is 0 Å². The van der Waals surface area contributed by atoms with Crippen LogP contribution in [-0.2, 0) is 0 Å². The normalized spacial score (nSPS) is 12.9. The van der Waals surface area contributed by atoms with E-state index < -0.39 is 0 Å². The molecule has 82 valence electrons. The molecule has 0 heterocycles. The molecule has 0 saturated heterocycles. The lowest BCUT2D eigenvalue weighted by Crippen LogP contribution is -2.24. The van der Waals surface area contributed by atoms with Gasteiger partial charge in [0.05, 0.1) is 0 Å². The fourth-order valence-corrected chi connectivity index (χ4v) is 2.30. The summed E-state index contributed by atoms with van der Waals surface area (Å²) in [5.74, 6) is 0. The first-order valence-corrected chi connectivity index (χ1v) is 6.64. The van der Waals surface area contributed by atoms with Crippen molar-refractivity contribution >= 4 is 34.7 Å². The smallest absolute Gasteiger partial charge is 0.0136 e. The quantitative estimate of drug-likeness (QED) is 0.644. The van der Waals surface area contributed by atoms with E-state index in [4.69, 9.17) is 0 Å². The summed E-state index contributed by atoms with van der Waals surface area (Å²) in [6.45, 7) is 2.12. The molecule has 1 aromatic carbocycles. The van der Waals surface area contributed by atoms with Crippen LogP contribution >= 0.6 is 22.6 Å². The van der Waals surface area contributed by atoms with Gasteiger partial charge in [-0.05, 0) is 64.9 Å². The second-order valence-electron chi connectivity index (χ2n) is 4.03. The third-order valence-corrected chi connectivity index (χ3v) is 3.33. The van der Waals surface area contributed by atoms with Gasteiger partial charge in [0.1, 0.15) is 0 Å². The summed E-state index contributed by atoms with van der Waals surface area (Å²) in [6, 6.07) is 13.1. The Labute approximate surface area is 110 Å². The highest BCUT2D eigenvalue weighted by atomic mass is 127. The third-order valence-electron chi connectivity index (χ3n) is 2.66. The summed E-state index contributed by atoms with van der Waals surface area (Å²) >= 11 is 2.38. The maximum absolute atomic E-state index is 2.38. The zero-order chi connectivity index (χ0) is 11.4. The van der Waals surface area contributed by atoms with Crippen LogP contribution in [0.15, 0.2) is 36.4 Å². The van der Waals surface area contributed by atoms with E-state index in [2.05, 4.69) is 78.1 Å². The SMILES string of the molecule is Cc1cccc2c(cc(I)cc1)=CCCC=2. The fourth-order valence-electron chi connectivity index (χ4n) is 1.79. The van der Waals surface area contributed by atoms with Crippen molar-refractivity contribution in [2.24, 2.45) is 0 Å². The van der Waals surface area contributed by atoms with E-state index in [1.807, 2.05) is 0 Å². The molecule has 2 rings (SSSR count). The van der Waals surface area contributed by atoms with Gasteiger partial charge in [0.2, 0.25) is 0 Å². The van der Waals surface area contributed by atoms with Crippen molar-refractivity contribution in [2.75, 3.05) is 0 Å². The van der Waals surface area contributed by atoms with Gasteiger partial charge in [0.15, 0.2) is 0 Å². The number of rotatable bonds is 0. The molecule has 0 nitrogen and oxygen atoms in total. The van der Waals surface area contributed by atoms with Gasteiger partial charge in [-0.25, -0.2) is 0 Å². The summed E-state index contributed by atoms with van der Waals surface area (Å²) in [7, 11) is 0. The summed E-state index contributed by atoms with van der Waals surface area (Å²) < 4.78 is 1.28. The van der Waals surface area contributed by atoms with Crippen LogP contribution in [0, 0.1) is 10.5 Å². The molecule has 0 bridgehead atoms. The van der Waals surface area contributed by atoms with Crippen LogP contribution in [-0.4, -0.2) is 0 Å². The lowest BCUT2D eigenvalue weighted by Gasteiger charge is -1.97. The van der Waals surface area contributed by atoms with E-state index in [0.29, 0.717) is 0 Å². The summed E-state index contributed by atoms with van der Waals surface area (Å²) in [5, 5.41) is 2.70. The lowest BCUT2D eigenvalue weighted by molar-refractivity contribution is 1.12. The number of aryl methyl sites for hydroxylation is 1. The first-order valence-electron chi connectivity index (χ1n) is 5.56. The van der Waals surface area contributed by atoms with E-state index in [9.17, 15) is 0 Å². The molecule has 1 aromatic rings. The van der Waals surface area contributed by atoms with Crippen LogP contribution in [0.2, 0.25) is 0 Å². The Bertz CT molecular complexity index is 554. The molecule has 0 spiro atoms. The molecule has 0 aliphatic heterocycles. The molecule has 0 radical (unpaired) electrons. The van der Waals surface area contributed by atoms with E-state index >= 15 is 0 Å². The van der Waals surface area contributed by atoms with Crippen LogP contribution in [0.4, 0.5) is 0 Å². The van der Waals surface area contributed by atoms with Crippen molar-refractivity contribution in [1.29, 1.82) is 0 Å². The molecule has 16 heavy (non-hydrogen) atoms. The van der Waals surface area contributed by atoms with E-state index in [0.717, 1.165) is 12.8 Å². The standard InChI is InChI=1S/C15H15I/c1-12-5-4-8-13-6-2-3-7-14(13)11-15(16)10-9-12/h4-11H,2-3H2,1H3. The van der Waals surface area contributed by atoms with Gasteiger partial charge in [-0.3, -0.25) is 0 Å². The molecule has 0 amide bonds. The van der Waals surface area contributed by atoms with Crippen molar-refractivity contribution in [3.8, 4) is 0 Å². The van der Waals surface area contributed by atoms with Crippen LogP contribution < -0.4 is 10.4 Å². The van der Waals surface area contributed by atoms with Gasteiger partial charge in [0.25, 0.3) is 0 Å². The first kappa shape index (κ1) is 11.6. The van der Waals surface area contributed by atoms with E-state index in [1.54, 1.807) is 0 Å². The summed E-state index contributed by atoms with van der Waals surface area (Å²) in [4.78, 5) is 0. The van der Waals surface area contributed by atoms with E-state index in [-0.39, 0.29) is 0 Å². The number of fused-ring (bicyclic) bond motifs is 1. The van der Waals surface area contributed by atoms with Gasteiger partial charge in [0, 0.05) is 3.57 Å². The largest absolute Gasteiger partial charge is 0.0764 e. The Kier molecular flexibility index (Phi) is 3.99. The Morgan fingerprint density at radius 3 is 2.50 bits per heavy atom. The van der Waals surface area contributed by atoms with Gasteiger partial charge in [-0.15, -0.1) is 0 Å². The first-order chi connectivity index (χ1) is 7.75. The average molecular weight is 322 g/mol. The zero-order valence-electron chi connectivity index (χ0n) is 9.41. The molecule has 1 aliphatic rings. The van der Waals surface area contributed by atoms with Crippen LogP contribution in [0.1, 0.15) is 18.4 Å². The highest BCUT2D eigenvalue weighted by molar-refractivity contribution is 14.1. The maximum atomic E-state index is 2.38. The van der Waals surface area contributed by atoms with Gasteiger partial charge >= 0.3 is 0 Å². The molecule has 0 fully saturated rings. The topological polar surface area (TPSA) is 0 Å². The predicted octanol–water partition coefficient (Wildman–Crippen LogP) is 3.08. The van der Waals surface area contributed by atoms with Crippen molar-refractivity contribution in [3.05, 3.63) is 56.0 Å². The highest BCUT2D eigenvalue weighted by Gasteiger charge is 1.90. The minimum Gasteiger partial charge on any atom is -0.0764 e. The average Bonchev–Trinajstić information content (AvgIpc) is 2.28. The third kappa shape index (κ3) is 3.08. The minimum absolute atomic E-state index is 1.16. The highest BCUT2D eigenvalue weighted by Crippen LogP contribution is 2.00. The molecule has 1 heteroatoms. The number of hydrogen-bond donors (Lipinski definition) is 0. The van der Waals surface area contributed by atoms with Crippen molar-refractivity contribution in [3.63, 3.8) is 0 Å². The van der Waals surface area contributed by atoms with Crippen LogP contribution in [0.5, 0.6) is 0 Å². The monoisotopic (exact) mass is 322 g/mol. The Morgan fingerprint density at radius 2 is 1.69 bits per heavy atom. The number of hydrogen-bond acceptors (Lipinski definition) is 0. The molecule has 1 aliphatic carbocycles. The minimum atomic E-state index is 1.16. The Morgan fingerprint density at radius 1 is 0.938 bits per heavy atom. The van der Waals surface area contributed by atoms with Gasteiger partial charge in [-0.2, -0.15) is 0 Å². The predicted molar refractivity (Wildman–Crippen MR) is 78.9 cm³/mol. The maximum Gasteiger partial charge on any atom is 0.0136 e. The fraction of sp³-hybridized carbons (Fsp3) is 0.200. The molecule has 0 aromatic heterocycles. The molecule has 0 saturated carbocycles. The van der Waals surface area contributed by atoms with Crippen LogP contribution in [0.3, 0.4) is 0 Å². The zero-order valence-corrected chi connectivity index (χ0v) is 11.6. The molecule has 0 N–H and O–H groups in total. The Balaban J connectivity index is 2.81. The van der Waals surface area contributed by atoms with Crippen LogP contribution in [0.25, 0.3) is 12.2 Å². The van der Waals surface area contributed by atoms with Gasteiger partial charge < -0.3 is 0 Å². The molecule has 0 unspecified atom stereocenters. The lowest BCUT2D eigenvalue weighted by atomic mass is 10.1. The Hall–Kier alpha value is -0.830. The van der Waals surface area contributed by atoms with Gasteiger partial charge in [-0.1, -0.05) is 42.0 Å². The second kappa shape index (κ2) is 5.48. The van der Waals surface area contributed by atoms with E-state index in [1.165, 1.54) is 19.6 Å². The molecular weight excluding hydrogens is 307 g/mol. The second-order valence-corrected chi connectivity index (χ2v) is 5.27. The van der Waals surface area contributed by atoms with Crippen molar-refractivity contribution in [2.45, 2.75) is 19.8 Å². The number of halogens is 1. The summed E-state index contributed by atoms with van der Waals surface area (Å²) in [5.41, 5.74) is 1.28. The van der Waals surface area contributed by atoms with Crippen molar-refractivity contribution < 1.29 is 0 Å².